The van der Waals surface area contributed by atoms with Gasteiger partial charge < -0.3 is 9.80 Å². The summed E-state index contributed by atoms with van der Waals surface area (Å²) < 4.78 is 0. The predicted octanol–water partition coefficient (Wildman–Crippen LogP) is -0.227. The molecule has 0 aromatic heterocycles. The van der Waals surface area contributed by atoms with Crippen LogP contribution in [0, 0.1) is 0 Å². The van der Waals surface area contributed by atoms with Gasteiger partial charge >= 0.3 is 0 Å². The Kier molecular flexibility index (Phi) is 4.35. The molecule has 0 N–H and O–H groups in total. The number of nitrogens with zero attached hydrogens (tertiary/aromatic N) is 3. The molecule has 1 saturated heterocycles. The smallest absolute Gasteiger partial charge is 0.223 e. The second-order valence-electron chi connectivity index (χ2n) is 4.09. The van der Waals surface area contributed by atoms with Crippen LogP contribution in [0.25, 0.3) is 0 Å². The van der Waals surface area contributed by atoms with Crippen LogP contribution in [0.4, 0.5) is 0 Å². The maximum Gasteiger partial charge on any atom is 0.223 e. The minimum absolute atomic E-state index is 0.212. The lowest BCUT2D eigenvalue weighted by atomic mass is 10.1. The van der Waals surface area contributed by atoms with Gasteiger partial charge in [-0.2, -0.15) is 0 Å². The van der Waals surface area contributed by atoms with Crippen molar-refractivity contribution in [2.45, 2.75) is 18.9 Å². The molecule has 4 heteroatoms. The number of hydrogen-bond acceptors (Lipinski definition) is 2. The van der Waals surface area contributed by atoms with Crippen LogP contribution >= 0.6 is 0 Å². The van der Waals surface area contributed by atoms with E-state index in [2.05, 4.69) is 17.3 Å². The van der Waals surface area contributed by atoms with Crippen molar-refractivity contribution in [2.75, 3.05) is 40.8 Å². The molecule has 1 amide bonds. The number of amides is 1. The van der Waals surface area contributed by atoms with Gasteiger partial charge in [-0.3, -0.25) is 4.79 Å². The van der Waals surface area contributed by atoms with Gasteiger partial charge in [0.15, 0.2) is 0 Å². The molecule has 0 aromatic carbocycles. The van der Waals surface area contributed by atoms with Crippen LogP contribution in [0.15, 0.2) is 0 Å². The summed E-state index contributed by atoms with van der Waals surface area (Å²) in [6, 6.07) is 0.371. The van der Waals surface area contributed by atoms with Crippen molar-refractivity contribution in [2.24, 2.45) is 0 Å². The molecule has 1 aliphatic heterocycles. The molecule has 0 spiro atoms. The fourth-order valence-electron chi connectivity index (χ4n) is 1.63. The first-order valence-electron chi connectivity index (χ1n) is 5.15. The van der Waals surface area contributed by atoms with Crippen LogP contribution in [0.2, 0.25) is 0 Å². The quantitative estimate of drug-likeness (QED) is 0.615. The molecule has 0 bridgehead atoms. The minimum Gasteiger partial charge on any atom is -0.349 e. The van der Waals surface area contributed by atoms with Gasteiger partial charge in [-0.05, 0) is 13.5 Å². The fraction of sp³-hybridized carbons (Fsp3) is 0.900. The molecule has 0 aromatic rings. The van der Waals surface area contributed by atoms with E-state index in [1.807, 2.05) is 14.1 Å². The van der Waals surface area contributed by atoms with E-state index >= 15 is 0 Å². The Morgan fingerprint density at radius 2 is 2.21 bits per heavy atom. The van der Waals surface area contributed by atoms with Gasteiger partial charge in [0, 0.05) is 46.2 Å². The second kappa shape index (κ2) is 5.32. The van der Waals surface area contributed by atoms with Gasteiger partial charge in [-0.15, -0.1) is 0 Å². The number of carbonyl (C=O) groups excluding carboxylic acids is 1. The van der Waals surface area contributed by atoms with E-state index in [4.69, 9.17) is 0 Å². The Bertz CT molecular complexity index is 194. The van der Waals surface area contributed by atoms with Crippen molar-refractivity contribution in [3.63, 3.8) is 0 Å². The molecule has 4 nitrogen and oxygen atoms in total. The van der Waals surface area contributed by atoms with Crippen LogP contribution in [-0.4, -0.2) is 62.5 Å². The molecule has 1 unspecified atom stereocenters. The zero-order valence-corrected chi connectivity index (χ0v) is 9.36. The number of likely N-dealkylation sites (N-methyl/N-ethyl adjacent to an activating group) is 1. The van der Waals surface area contributed by atoms with Gasteiger partial charge in [-0.25, -0.2) is 5.32 Å². The Morgan fingerprint density at radius 3 is 2.86 bits per heavy atom. The van der Waals surface area contributed by atoms with E-state index in [9.17, 15) is 4.79 Å². The monoisotopic (exact) mass is 198 g/mol. The maximum atomic E-state index is 11.5. The highest BCUT2D eigenvalue weighted by molar-refractivity contribution is 5.76. The first kappa shape index (κ1) is 11.5. The second-order valence-corrected chi connectivity index (χ2v) is 4.09. The van der Waals surface area contributed by atoms with Gasteiger partial charge in [0.2, 0.25) is 5.91 Å². The van der Waals surface area contributed by atoms with Crippen molar-refractivity contribution < 1.29 is 4.79 Å². The van der Waals surface area contributed by atoms with E-state index in [-0.39, 0.29) is 5.91 Å². The zero-order valence-electron chi connectivity index (χ0n) is 9.36. The van der Waals surface area contributed by atoms with Gasteiger partial charge in [0.05, 0.1) is 0 Å². The van der Waals surface area contributed by atoms with Crippen molar-refractivity contribution >= 4 is 5.91 Å². The third-order valence-electron chi connectivity index (χ3n) is 2.76. The highest BCUT2D eigenvalue weighted by atomic mass is 16.2. The Hall–Kier alpha value is -0.610. The van der Waals surface area contributed by atoms with E-state index in [1.165, 1.54) is 0 Å². The van der Waals surface area contributed by atoms with Crippen molar-refractivity contribution in [3.8, 4) is 0 Å². The van der Waals surface area contributed by atoms with E-state index < -0.39 is 0 Å². The van der Waals surface area contributed by atoms with Crippen molar-refractivity contribution in [1.82, 2.24) is 15.1 Å². The van der Waals surface area contributed by atoms with Gasteiger partial charge in [0.1, 0.15) is 0 Å². The lowest BCUT2D eigenvalue weighted by Gasteiger charge is -2.25. The van der Waals surface area contributed by atoms with Crippen molar-refractivity contribution in [1.29, 1.82) is 0 Å². The normalized spacial score (nSPS) is 24.4. The van der Waals surface area contributed by atoms with E-state index in [0.29, 0.717) is 12.5 Å². The van der Waals surface area contributed by atoms with Crippen LogP contribution in [0.5, 0.6) is 0 Å². The van der Waals surface area contributed by atoms with Gasteiger partial charge in [-0.1, -0.05) is 0 Å². The molecule has 1 rings (SSSR count). The SMILES string of the molecule is CN(C)C(=O)CC1CC[N]CCN1C. The number of hydrogen-bond donors (Lipinski definition) is 0. The molecule has 1 radical (unpaired) electrons. The van der Waals surface area contributed by atoms with Crippen LogP contribution in [0.1, 0.15) is 12.8 Å². The molecule has 1 aliphatic rings. The first-order valence-corrected chi connectivity index (χ1v) is 5.15. The summed E-state index contributed by atoms with van der Waals surface area (Å²) in [6.45, 7) is 2.78. The summed E-state index contributed by atoms with van der Waals surface area (Å²) in [6.07, 6.45) is 1.63. The third kappa shape index (κ3) is 3.27. The summed E-state index contributed by atoms with van der Waals surface area (Å²) in [7, 11) is 5.70. The third-order valence-corrected chi connectivity index (χ3v) is 2.76. The molecule has 1 heterocycles. The van der Waals surface area contributed by atoms with E-state index in [0.717, 1.165) is 26.1 Å². The topological polar surface area (TPSA) is 37.7 Å². The Morgan fingerprint density at radius 1 is 1.50 bits per heavy atom. The molecule has 1 fully saturated rings. The highest BCUT2D eigenvalue weighted by Gasteiger charge is 2.21. The summed E-state index contributed by atoms with van der Waals surface area (Å²) >= 11 is 0. The lowest BCUT2D eigenvalue weighted by Crippen LogP contribution is -2.37. The predicted molar refractivity (Wildman–Crippen MR) is 56.2 cm³/mol. The summed E-state index contributed by atoms with van der Waals surface area (Å²) in [5.74, 6) is 0.212. The lowest BCUT2D eigenvalue weighted by molar-refractivity contribution is -0.129. The van der Waals surface area contributed by atoms with E-state index in [1.54, 1.807) is 4.90 Å². The van der Waals surface area contributed by atoms with Crippen molar-refractivity contribution in [3.05, 3.63) is 0 Å². The molecule has 0 aliphatic carbocycles. The Labute approximate surface area is 86.2 Å². The standard InChI is InChI=1S/C10H20N3O/c1-12(2)10(14)8-9-4-5-11-6-7-13(9)3/h9H,4-8H2,1-3H3. The maximum absolute atomic E-state index is 11.5. The molecular formula is C10H20N3O. The summed E-state index contributed by atoms with van der Waals surface area (Å²) in [4.78, 5) is 15.4. The van der Waals surface area contributed by atoms with Crippen LogP contribution in [-0.2, 0) is 4.79 Å². The summed E-state index contributed by atoms with van der Waals surface area (Å²) in [5.41, 5.74) is 0. The molecule has 14 heavy (non-hydrogen) atoms. The Balaban J connectivity index is 2.44. The fourth-order valence-corrected chi connectivity index (χ4v) is 1.63. The average Bonchev–Trinajstić information content (AvgIpc) is 2.32. The average molecular weight is 198 g/mol. The summed E-state index contributed by atoms with van der Waals surface area (Å²) in [5, 5.41) is 4.36. The number of rotatable bonds is 2. The minimum atomic E-state index is 0.212. The molecule has 0 saturated carbocycles. The largest absolute Gasteiger partial charge is 0.349 e. The molecule has 1 atom stereocenters. The highest BCUT2D eigenvalue weighted by Crippen LogP contribution is 2.10. The number of carbonyl (C=O) groups is 1. The zero-order chi connectivity index (χ0) is 10.6. The first-order chi connectivity index (χ1) is 6.61. The van der Waals surface area contributed by atoms with Gasteiger partial charge in [0.25, 0.3) is 0 Å². The molecular weight excluding hydrogens is 178 g/mol. The molecule has 81 valence electrons. The van der Waals surface area contributed by atoms with Crippen LogP contribution in [0.3, 0.4) is 0 Å². The van der Waals surface area contributed by atoms with Crippen LogP contribution < -0.4 is 5.32 Å².